The molecule has 0 saturated carbocycles. The standard InChI is InChI=1S/C35H40N4/c1-34(22-11-4-12-23-34)35(2)37-32(25-14-5-3-6-15-25)36-33(38-35)26-16-13-17-27(24-26)39-30-20-9-7-18-28(30)29-19-8-10-21-31(29)39/h3,5-7,9-11,13-18,20-22,24,28-32,37H,4,8,12,19,23H2,1-2H3,(H,36,38). The zero-order valence-corrected chi connectivity index (χ0v) is 23.1. The van der Waals surface area contributed by atoms with Crippen molar-refractivity contribution >= 4 is 11.5 Å². The summed E-state index contributed by atoms with van der Waals surface area (Å²) >= 11 is 0. The molecule has 1 saturated heterocycles. The predicted molar refractivity (Wildman–Crippen MR) is 162 cm³/mol. The Morgan fingerprint density at radius 1 is 0.897 bits per heavy atom. The highest BCUT2D eigenvalue weighted by atomic mass is 15.3. The van der Waals surface area contributed by atoms with Crippen molar-refractivity contribution in [3.05, 3.63) is 114 Å². The Morgan fingerprint density at radius 3 is 2.62 bits per heavy atom. The van der Waals surface area contributed by atoms with E-state index >= 15 is 0 Å². The lowest BCUT2D eigenvalue weighted by atomic mass is 9.70. The molecule has 2 N–H and O–H groups in total. The number of nitrogens with zero attached hydrogens (tertiary/aromatic N) is 2. The van der Waals surface area contributed by atoms with Gasteiger partial charge in [0.25, 0.3) is 0 Å². The van der Waals surface area contributed by atoms with E-state index in [1.165, 1.54) is 30.5 Å². The molecule has 7 unspecified atom stereocenters. The van der Waals surface area contributed by atoms with Gasteiger partial charge >= 0.3 is 0 Å². The van der Waals surface area contributed by atoms with Gasteiger partial charge < -0.3 is 10.2 Å². The minimum atomic E-state index is -0.343. The molecule has 2 heterocycles. The zero-order chi connectivity index (χ0) is 26.5. The first-order valence-corrected chi connectivity index (χ1v) is 14.8. The van der Waals surface area contributed by atoms with Gasteiger partial charge in [-0.2, -0.15) is 0 Å². The van der Waals surface area contributed by atoms with E-state index in [0.717, 1.165) is 24.2 Å². The molecule has 4 heteroatoms. The number of fused-ring (bicyclic) bond motifs is 3. The summed E-state index contributed by atoms with van der Waals surface area (Å²) in [6.07, 6.45) is 24.8. The number of benzene rings is 2. The summed E-state index contributed by atoms with van der Waals surface area (Å²) in [7, 11) is 0. The molecule has 2 aromatic rings. The molecule has 39 heavy (non-hydrogen) atoms. The van der Waals surface area contributed by atoms with E-state index < -0.39 is 0 Å². The second kappa shape index (κ2) is 9.67. The van der Waals surface area contributed by atoms with Crippen LogP contribution in [-0.2, 0) is 0 Å². The Labute approximate surface area is 233 Å². The van der Waals surface area contributed by atoms with Crippen molar-refractivity contribution in [2.75, 3.05) is 4.90 Å². The van der Waals surface area contributed by atoms with E-state index in [0.29, 0.717) is 23.9 Å². The van der Waals surface area contributed by atoms with Gasteiger partial charge in [-0.05, 0) is 62.6 Å². The van der Waals surface area contributed by atoms with Crippen LogP contribution in [-0.4, -0.2) is 23.6 Å². The number of nitrogens with one attached hydrogen (secondary N) is 2. The molecule has 4 nitrogen and oxygen atoms in total. The molecule has 0 amide bonds. The van der Waals surface area contributed by atoms with Crippen molar-refractivity contribution < 1.29 is 0 Å². The van der Waals surface area contributed by atoms with Crippen molar-refractivity contribution in [3.8, 4) is 0 Å². The molecule has 0 aromatic heterocycles. The van der Waals surface area contributed by atoms with Crippen LogP contribution in [0.5, 0.6) is 0 Å². The minimum Gasteiger partial charge on any atom is -0.358 e. The number of hydrogen-bond acceptors (Lipinski definition) is 4. The van der Waals surface area contributed by atoms with Gasteiger partial charge in [0, 0.05) is 22.6 Å². The summed E-state index contributed by atoms with van der Waals surface area (Å²) in [5.41, 5.74) is 3.26. The summed E-state index contributed by atoms with van der Waals surface area (Å²) in [4.78, 5) is 7.95. The number of aliphatic imine (C=N–C) groups is 1. The second-order valence-electron chi connectivity index (χ2n) is 12.4. The summed E-state index contributed by atoms with van der Waals surface area (Å²) < 4.78 is 0. The van der Waals surface area contributed by atoms with E-state index in [1.807, 2.05) is 0 Å². The molecule has 0 radical (unpaired) electrons. The van der Waals surface area contributed by atoms with Crippen molar-refractivity contribution in [1.82, 2.24) is 10.6 Å². The van der Waals surface area contributed by atoms with Crippen LogP contribution in [0.2, 0.25) is 0 Å². The Morgan fingerprint density at radius 2 is 1.77 bits per heavy atom. The highest BCUT2D eigenvalue weighted by Gasteiger charge is 2.48. The van der Waals surface area contributed by atoms with Crippen LogP contribution < -0.4 is 15.5 Å². The molecular formula is C35H40N4. The topological polar surface area (TPSA) is 39.7 Å². The van der Waals surface area contributed by atoms with Gasteiger partial charge in [0.2, 0.25) is 0 Å². The van der Waals surface area contributed by atoms with Gasteiger partial charge in [0.05, 0.1) is 17.7 Å². The maximum Gasteiger partial charge on any atom is 0.131 e. The van der Waals surface area contributed by atoms with E-state index in [2.05, 4.69) is 133 Å². The number of amidine groups is 1. The first-order valence-electron chi connectivity index (χ1n) is 14.8. The Hall–Kier alpha value is -3.37. The molecule has 200 valence electrons. The minimum absolute atomic E-state index is 0.0292. The van der Waals surface area contributed by atoms with E-state index in [-0.39, 0.29) is 17.2 Å². The van der Waals surface area contributed by atoms with Crippen molar-refractivity contribution in [2.24, 2.45) is 22.2 Å². The maximum absolute atomic E-state index is 5.29. The lowest BCUT2D eigenvalue weighted by Crippen LogP contribution is -2.68. The fraction of sp³-hybridized carbons (Fsp3) is 0.400. The van der Waals surface area contributed by atoms with Crippen LogP contribution in [0.1, 0.15) is 63.2 Å². The summed E-state index contributed by atoms with van der Waals surface area (Å²) in [6.45, 7) is 4.70. The molecule has 0 bridgehead atoms. The van der Waals surface area contributed by atoms with Crippen LogP contribution in [0.15, 0.2) is 108 Å². The van der Waals surface area contributed by atoms with E-state index in [9.17, 15) is 0 Å². The number of hydrogen-bond donors (Lipinski definition) is 2. The highest BCUT2D eigenvalue weighted by Crippen LogP contribution is 2.46. The number of allylic oxidation sites excluding steroid dienone is 4. The van der Waals surface area contributed by atoms with Crippen LogP contribution in [0, 0.1) is 17.3 Å². The molecule has 5 aliphatic rings. The summed E-state index contributed by atoms with van der Waals surface area (Å²) in [5.74, 6) is 2.22. The van der Waals surface area contributed by atoms with E-state index in [1.54, 1.807) is 0 Å². The predicted octanol–water partition coefficient (Wildman–Crippen LogP) is 7.05. The van der Waals surface area contributed by atoms with Crippen molar-refractivity contribution in [2.45, 2.75) is 69.9 Å². The Bertz CT molecular complexity index is 1370. The number of rotatable bonds is 4. The first kappa shape index (κ1) is 24.7. The van der Waals surface area contributed by atoms with Gasteiger partial charge in [-0.3, -0.25) is 5.32 Å². The Kier molecular flexibility index (Phi) is 6.12. The molecule has 7 rings (SSSR count). The van der Waals surface area contributed by atoms with Crippen molar-refractivity contribution in [1.29, 1.82) is 0 Å². The average Bonchev–Trinajstić information content (AvgIpc) is 3.32. The summed E-state index contributed by atoms with van der Waals surface area (Å²) in [5, 5.41) is 7.83. The van der Waals surface area contributed by atoms with Gasteiger partial charge in [-0.1, -0.05) is 98.0 Å². The monoisotopic (exact) mass is 516 g/mol. The highest BCUT2D eigenvalue weighted by molar-refractivity contribution is 6.00. The van der Waals surface area contributed by atoms with Gasteiger partial charge in [-0.15, -0.1) is 0 Å². The van der Waals surface area contributed by atoms with Crippen molar-refractivity contribution in [3.63, 3.8) is 0 Å². The zero-order valence-electron chi connectivity index (χ0n) is 23.1. The smallest absolute Gasteiger partial charge is 0.131 e. The molecule has 7 atom stereocenters. The van der Waals surface area contributed by atoms with Crippen LogP contribution in [0.3, 0.4) is 0 Å². The lowest BCUT2D eigenvalue weighted by molar-refractivity contribution is 0.108. The molecule has 0 spiro atoms. The average molecular weight is 517 g/mol. The normalized spacial score (nSPS) is 36.7. The fourth-order valence-electron chi connectivity index (χ4n) is 7.62. The largest absolute Gasteiger partial charge is 0.358 e. The van der Waals surface area contributed by atoms with E-state index in [4.69, 9.17) is 4.99 Å². The SMILES string of the molecule is CC1(C2(C)NC(c3cccc(N4C5C=CC=CC5C5CCC=CC54)c3)=NC(c3ccccc3)N2)C=CCCC1. The van der Waals surface area contributed by atoms with Gasteiger partial charge in [-0.25, -0.2) is 4.99 Å². The maximum atomic E-state index is 5.29. The quantitative estimate of drug-likeness (QED) is 0.428. The third kappa shape index (κ3) is 4.21. The van der Waals surface area contributed by atoms with Gasteiger partial charge in [0.1, 0.15) is 12.0 Å². The van der Waals surface area contributed by atoms with Crippen LogP contribution in [0.4, 0.5) is 5.69 Å². The molecule has 2 aromatic carbocycles. The second-order valence-corrected chi connectivity index (χ2v) is 12.4. The third-order valence-corrected chi connectivity index (χ3v) is 10.0. The number of anilines is 1. The molecule has 2 aliphatic heterocycles. The molecular weight excluding hydrogens is 476 g/mol. The van der Waals surface area contributed by atoms with Gasteiger partial charge in [0.15, 0.2) is 0 Å². The molecule has 3 aliphatic carbocycles. The Balaban J connectivity index is 1.29. The van der Waals surface area contributed by atoms with Crippen LogP contribution >= 0.6 is 0 Å². The fourth-order valence-corrected chi connectivity index (χ4v) is 7.62. The first-order chi connectivity index (χ1) is 19.0. The summed E-state index contributed by atoms with van der Waals surface area (Å²) in [6, 6.07) is 20.6. The van der Waals surface area contributed by atoms with Crippen LogP contribution in [0.25, 0.3) is 0 Å². The third-order valence-electron chi connectivity index (χ3n) is 10.0. The molecule has 1 fully saturated rings. The lowest BCUT2D eigenvalue weighted by Gasteiger charge is -2.51.